The van der Waals surface area contributed by atoms with E-state index in [1.165, 1.54) is 17.1 Å². The van der Waals surface area contributed by atoms with Crippen molar-refractivity contribution in [3.05, 3.63) is 136 Å². The lowest BCUT2D eigenvalue weighted by Crippen LogP contribution is -2.56. The van der Waals surface area contributed by atoms with Gasteiger partial charge in [-0.1, -0.05) is 103 Å². The summed E-state index contributed by atoms with van der Waals surface area (Å²) in [4.78, 5) is 67.8. The Morgan fingerprint density at radius 1 is 0.892 bits per heavy atom. The van der Waals surface area contributed by atoms with E-state index >= 15 is 9.59 Å². The zero-order valence-electron chi connectivity index (χ0n) is 53.9. The lowest BCUT2D eigenvalue weighted by Gasteiger charge is -2.57. The number of aliphatic hydroxyl groups excluding tert-OH is 3. The van der Waals surface area contributed by atoms with E-state index in [4.69, 9.17) is 9.47 Å². The second kappa shape index (κ2) is 26.8. The number of carbonyl (C=O) groups excluding carboxylic acids is 4. The van der Waals surface area contributed by atoms with Gasteiger partial charge in [0.1, 0.15) is 11.5 Å². The molecule has 15 nitrogen and oxygen atoms in total. The van der Waals surface area contributed by atoms with Gasteiger partial charge in [-0.05, 0) is 209 Å². The first-order chi connectivity index (χ1) is 45.4. The molecular weight excluding hydrogens is 1210 g/mol. The number of nitrogens with zero attached hydrogens (tertiary/aromatic N) is 2. The van der Waals surface area contributed by atoms with E-state index in [0.29, 0.717) is 91.4 Å². The van der Waals surface area contributed by atoms with Gasteiger partial charge in [0.2, 0.25) is 0 Å². The summed E-state index contributed by atoms with van der Waals surface area (Å²) in [6.45, 7) is 2.85. The Balaban J connectivity index is 0.867. The quantitative estimate of drug-likeness (QED) is 0.0430. The van der Waals surface area contributed by atoms with E-state index in [2.05, 4.69) is 81.1 Å². The highest BCUT2D eigenvalue weighted by atomic mass is 33.1. The Morgan fingerprint density at radius 3 is 2.55 bits per heavy atom. The average molecular weight is 1300 g/mol. The third-order valence-electron chi connectivity index (χ3n) is 25.5. The van der Waals surface area contributed by atoms with Crippen molar-refractivity contribution in [2.75, 3.05) is 25.6 Å². The fourth-order valence-corrected chi connectivity index (χ4v) is 23.7. The standard InChI is InChI=1S/C76H94N6O9S2/c1-2-75(28-6-7-29-75)38-61-57-20-19-55-54-26-30-76(69(55)68(57)73(88)90-61)62-23-21-56(53-18-16-45-32-46(41-83)34-50(14-9-13-48(53)33-45)60(84)35-44-10-4-3-5-11-44)72(81-59-22-17-47-12-8-15-51(66(47)71(59)87)36-52-39-77-42-79-52)93-92-43-80-63-37-49(27-31-78-63)58(67(54)70(76)74(89)91-62)40-82-64(85)24-25-65(82)86/h3-5,10-11,23-25,27,37-39,42,45-48,50-51,53-56,58-60,66,69,71-72,78,80-81,83-84,87H,2,6-8,12-13,15-22,26,28-36,40-41,43H2,1H3,(H,77,79). The van der Waals surface area contributed by atoms with Crippen LogP contribution in [0, 0.1) is 99.6 Å². The number of aromatic nitrogens is 2. The molecule has 9 bridgehead atoms. The summed E-state index contributed by atoms with van der Waals surface area (Å²) < 4.78 is 13.6. The molecule has 1 aromatic heterocycles. The molecule has 2 aromatic rings. The fraction of sp³-hybridized carbons (Fsp3) is 0.618. The molecule has 5 aliphatic heterocycles. The molecule has 18 atom stereocenters. The molecule has 18 unspecified atom stereocenters. The first-order valence-corrected chi connectivity index (χ1v) is 38.1. The van der Waals surface area contributed by atoms with Crippen LogP contribution in [-0.4, -0.2) is 103 Å². The second-order valence-electron chi connectivity index (χ2n) is 30.1. The average Bonchev–Trinajstić information content (AvgIpc) is 1.60. The Hall–Kier alpha value is -5.61. The van der Waals surface area contributed by atoms with Crippen molar-refractivity contribution < 1.29 is 44.0 Å². The predicted octanol–water partition coefficient (Wildman–Crippen LogP) is 11.2. The molecule has 1 saturated heterocycles. The largest absolute Gasteiger partial charge is 0.427 e. The van der Waals surface area contributed by atoms with Crippen molar-refractivity contribution in [1.82, 2.24) is 30.8 Å². The molecule has 494 valence electrons. The number of hydrogen-bond acceptors (Lipinski definition) is 15. The van der Waals surface area contributed by atoms with Gasteiger partial charge in [-0.3, -0.25) is 19.8 Å². The van der Waals surface area contributed by atoms with Crippen LogP contribution in [0.1, 0.15) is 153 Å². The number of H-pyrrole nitrogens is 1. The summed E-state index contributed by atoms with van der Waals surface area (Å²) in [7, 11) is 3.59. The van der Waals surface area contributed by atoms with E-state index < -0.39 is 35.4 Å². The van der Waals surface area contributed by atoms with Crippen LogP contribution in [0.5, 0.6) is 0 Å². The van der Waals surface area contributed by atoms with Gasteiger partial charge < -0.3 is 40.4 Å². The van der Waals surface area contributed by atoms with Crippen LogP contribution in [0.2, 0.25) is 0 Å². The predicted molar refractivity (Wildman–Crippen MR) is 359 cm³/mol. The van der Waals surface area contributed by atoms with Gasteiger partial charge in [0, 0.05) is 85.1 Å². The van der Waals surface area contributed by atoms with Crippen LogP contribution in [0.15, 0.2) is 125 Å². The first-order valence-electron chi connectivity index (χ1n) is 35.7. The van der Waals surface area contributed by atoms with Crippen molar-refractivity contribution in [1.29, 1.82) is 0 Å². The maximum Gasteiger partial charge on any atom is 0.340 e. The number of nitrogens with one attached hydrogen (secondary N) is 4. The highest BCUT2D eigenvalue weighted by molar-refractivity contribution is 8.76. The third kappa shape index (κ3) is 12.0. The SMILES string of the molecule is CCC1(C=C2OC(=O)C3=C2CCC2C4CCC5(C6=CCC(C7CCC8CC(CO)CC(C(O)Cc9ccccc9)C#CCC7C8)C(NC7CCC8CCCC(Cc9cnc[nH]9)C8C7O)SSCNC7=CC(=CCN7)C(CN7C(=O)C=CC7=O)C4=C5C(=O)O6)C32)CCCC1. The molecule has 7 N–H and O–H groups in total. The fourth-order valence-electron chi connectivity index (χ4n) is 21.2. The normalized spacial score (nSPS) is 37.9. The number of rotatable bonds is 13. The van der Waals surface area contributed by atoms with Crippen LogP contribution in [0.25, 0.3) is 0 Å². The zero-order valence-corrected chi connectivity index (χ0v) is 55.5. The molecule has 16 rings (SSSR count). The Kier molecular flexibility index (Phi) is 18.3. The Morgan fingerprint density at radius 2 is 1.74 bits per heavy atom. The van der Waals surface area contributed by atoms with Crippen LogP contribution in [0.4, 0.5) is 0 Å². The first kappa shape index (κ1) is 63.4. The summed E-state index contributed by atoms with van der Waals surface area (Å²) >= 11 is 0. The monoisotopic (exact) mass is 1300 g/mol. The number of dihydropyridines is 1. The topological polar surface area (TPSA) is 215 Å². The molecule has 6 fully saturated rings. The minimum Gasteiger partial charge on any atom is -0.427 e. The molecule has 93 heavy (non-hydrogen) atoms. The molecule has 1 aromatic carbocycles. The molecule has 17 heteroatoms. The summed E-state index contributed by atoms with van der Waals surface area (Å²) in [6.07, 6.45) is 34.3. The highest BCUT2D eigenvalue weighted by Crippen LogP contribution is 2.72. The number of allylic oxidation sites excluding steroid dienone is 5. The number of imidazole rings is 1. The number of esters is 2. The number of amides is 2. The second-order valence-corrected chi connectivity index (χ2v) is 32.6. The minimum atomic E-state index is -1.04. The van der Waals surface area contributed by atoms with Crippen molar-refractivity contribution >= 4 is 45.3 Å². The Bertz CT molecular complexity index is 3480. The lowest BCUT2D eigenvalue weighted by molar-refractivity contribution is -0.138. The highest BCUT2D eigenvalue weighted by Gasteiger charge is 2.69. The van der Waals surface area contributed by atoms with Crippen molar-refractivity contribution in [2.24, 2.45) is 87.8 Å². The van der Waals surface area contributed by atoms with Crippen molar-refractivity contribution in [3.63, 3.8) is 0 Å². The number of fused-ring (bicyclic) bond motifs is 5. The van der Waals surface area contributed by atoms with Gasteiger partial charge >= 0.3 is 11.9 Å². The lowest BCUT2D eigenvalue weighted by atomic mass is 9.43. The van der Waals surface area contributed by atoms with Gasteiger partial charge in [-0.25, -0.2) is 14.6 Å². The van der Waals surface area contributed by atoms with Crippen LogP contribution in [0.3, 0.4) is 0 Å². The summed E-state index contributed by atoms with van der Waals surface area (Å²) in [6, 6.07) is 9.95. The van der Waals surface area contributed by atoms with E-state index in [9.17, 15) is 24.9 Å². The summed E-state index contributed by atoms with van der Waals surface area (Å²) in [5, 5.41) is 47.6. The Labute approximate surface area is 556 Å². The number of imide groups is 1. The molecule has 9 aliphatic carbocycles. The molecule has 2 amide bonds. The molecular formula is C76H94N6O9S2. The maximum absolute atomic E-state index is 15.9. The number of hydrogen-bond donors (Lipinski definition) is 7. The van der Waals surface area contributed by atoms with Gasteiger partial charge in [0.25, 0.3) is 11.8 Å². The number of aliphatic hydroxyl groups is 3. The molecule has 1 spiro atoms. The molecule has 0 radical (unpaired) electrons. The number of cyclic esters (lactones) is 1. The van der Waals surface area contributed by atoms with Crippen LogP contribution >= 0.6 is 21.6 Å². The maximum atomic E-state index is 15.9. The third-order valence-corrected chi connectivity index (χ3v) is 28.0. The smallest absolute Gasteiger partial charge is 0.340 e. The molecule has 6 heterocycles. The molecule has 14 aliphatic rings. The number of benzene rings is 1. The number of aromatic amines is 1. The van der Waals surface area contributed by atoms with E-state index in [1.807, 2.05) is 35.2 Å². The summed E-state index contributed by atoms with van der Waals surface area (Å²) in [5.74, 6) is 8.70. The van der Waals surface area contributed by atoms with Crippen LogP contribution in [-0.2, 0) is 41.5 Å². The van der Waals surface area contributed by atoms with Gasteiger partial charge in [-0.15, -0.1) is 5.92 Å². The zero-order chi connectivity index (χ0) is 63.5. The minimum absolute atomic E-state index is 0.00478. The van der Waals surface area contributed by atoms with E-state index in [-0.39, 0.29) is 95.1 Å². The van der Waals surface area contributed by atoms with Gasteiger partial charge in [-0.2, -0.15) is 0 Å². The van der Waals surface area contributed by atoms with E-state index in [1.54, 1.807) is 17.1 Å². The van der Waals surface area contributed by atoms with Crippen LogP contribution < -0.4 is 16.0 Å². The van der Waals surface area contributed by atoms with Gasteiger partial charge in [0.05, 0.1) is 46.6 Å². The molecule has 5 saturated carbocycles. The van der Waals surface area contributed by atoms with Crippen molar-refractivity contribution in [2.45, 2.75) is 178 Å². The van der Waals surface area contributed by atoms with Gasteiger partial charge in [0.15, 0.2) is 0 Å². The van der Waals surface area contributed by atoms with E-state index in [0.717, 1.165) is 143 Å². The number of carbonyl (C=O) groups is 4. The van der Waals surface area contributed by atoms with Crippen molar-refractivity contribution in [3.8, 4) is 11.8 Å². The summed E-state index contributed by atoms with van der Waals surface area (Å²) in [5.41, 5.74) is 5.24. The number of ether oxygens (including phenoxy) is 2.